The molecule has 1 heterocycles. The van der Waals surface area contributed by atoms with Crippen LogP contribution in [0.25, 0.3) is 0 Å². The molecule has 1 aromatic heterocycles. The molecule has 0 bridgehead atoms. The fraction of sp³-hybridized carbons (Fsp3) is 0.167. The highest BCUT2D eigenvalue weighted by Gasteiger charge is 1.99. The average molecular weight is 152 g/mol. The summed E-state index contributed by atoms with van der Waals surface area (Å²) in [5.41, 5.74) is 2.76. The minimum Gasteiger partial charge on any atom is -0.294 e. The molecule has 0 unspecified atom stereocenters. The van der Waals surface area contributed by atoms with Gasteiger partial charge in [0.25, 0.3) is 0 Å². The van der Waals surface area contributed by atoms with Crippen LogP contribution in [0.1, 0.15) is 5.56 Å². The summed E-state index contributed by atoms with van der Waals surface area (Å²) in [7, 11) is 0. The van der Waals surface area contributed by atoms with Crippen molar-refractivity contribution in [3.8, 4) is 0 Å². The second kappa shape index (κ2) is 3.62. The number of nitrogens with two attached hydrogens (primary N) is 1. The highest BCUT2D eigenvalue weighted by Crippen LogP contribution is 1.92. The van der Waals surface area contributed by atoms with Crippen molar-refractivity contribution in [3.05, 3.63) is 24.3 Å². The second-order valence-corrected chi connectivity index (χ2v) is 1.99. The van der Waals surface area contributed by atoms with E-state index < -0.39 is 0 Å². The van der Waals surface area contributed by atoms with Gasteiger partial charge in [0.1, 0.15) is 6.33 Å². The fourth-order valence-electron chi connectivity index (χ4n) is 0.658. The lowest BCUT2D eigenvalue weighted by atomic mass is 10.2. The van der Waals surface area contributed by atoms with Gasteiger partial charge in [-0.25, -0.2) is 15.8 Å². The van der Waals surface area contributed by atoms with Gasteiger partial charge in [0, 0.05) is 12.4 Å². The predicted octanol–water partition coefficient (Wildman–Crippen LogP) is -0.991. The molecule has 1 aromatic rings. The maximum Gasteiger partial charge on any atom is 0.238 e. The van der Waals surface area contributed by atoms with Crippen molar-refractivity contribution >= 4 is 5.91 Å². The molecule has 0 aromatic carbocycles. The lowest BCUT2D eigenvalue weighted by Gasteiger charge is -1.96. The summed E-state index contributed by atoms with van der Waals surface area (Å²) in [6.07, 6.45) is 4.77. The van der Waals surface area contributed by atoms with Crippen LogP contribution in [-0.2, 0) is 11.2 Å². The molecule has 0 aliphatic carbocycles. The first-order chi connectivity index (χ1) is 5.33. The third-order valence-corrected chi connectivity index (χ3v) is 1.14. The molecule has 0 saturated heterocycles. The zero-order valence-electron chi connectivity index (χ0n) is 5.82. The number of amides is 1. The number of carbonyl (C=O) groups is 1. The Kier molecular flexibility index (Phi) is 2.51. The van der Waals surface area contributed by atoms with Gasteiger partial charge in [-0.15, -0.1) is 0 Å². The van der Waals surface area contributed by atoms with Gasteiger partial charge in [0.05, 0.1) is 6.42 Å². The molecule has 11 heavy (non-hydrogen) atoms. The zero-order valence-corrected chi connectivity index (χ0v) is 5.82. The predicted molar refractivity (Wildman–Crippen MR) is 38.1 cm³/mol. The molecule has 0 aliphatic rings. The van der Waals surface area contributed by atoms with Crippen molar-refractivity contribution in [2.24, 2.45) is 5.84 Å². The minimum atomic E-state index is -0.250. The standard InChI is InChI=1S/C6H8N4O/c7-10-6(11)1-5-2-8-4-9-3-5/h2-4H,1,7H2,(H,10,11). The van der Waals surface area contributed by atoms with E-state index in [-0.39, 0.29) is 12.3 Å². The molecule has 0 atom stereocenters. The maximum absolute atomic E-state index is 10.7. The Balaban J connectivity index is 2.58. The van der Waals surface area contributed by atoms with Gasteiger partial charge < -0.3 is 0 Å². The summed E-state index contributed by atoms with van der Waals surface area (Å²) in [5, 5.41) is 0. The third-order valence-electron chi connectivity index (χ3n) is 1.14. The molecular formula is C6H8N4O. The van der Waals surface area contributed by atoms with Gasteiger partial charge in [-0.3, -0.25) is 10.2 Å². The first-order valence-corrected chi connectivity index (χ1v) is 3.06. The van der Waals surface area contributed by atoms with E-state index in [9.17, 15) is 4.79 Å². The topological polar surface area (TPSA) is 80.9 Å². The number of hydrogen-bond acceptors (Lipinski definition) is 4. The maximum atomic E-state index is 10.7. The van der Waals surface area contributed by atoms with E-state index in [0.717, 1.165) is 5.56 Å². The van der Waals surface area contributed by atoms with Crippen LogP contribution in [0.15, 0.2) is 18.7 Å². The van der Waals surface area contributed by atoms with Gasteiger partial charge >= 0.3 is 0 Å². The van der Waals surface area contributed by atoms with Crippen LogP contribution in [0, 0.1) is 0 Å². The molecule has 0 spiro atoms. The summed E-state index contributed by atoms with van der Waals surface area (Å²) in [5.74, 6) is 4.63. The Morgan fingerprint density at radius 1 is 1.55 bits per heavy atom. The number of nitrogens with zero attached hydrogens (tertiary/aromatic N) is 2. The molecule has 0 radical (unpaired) electrons. The highest BCUT2D eigenvalue weighted by atomic mass is 16.2. The summed E-state index contributed by atoms with van der Waals surface area (Å²) in [4.78, 5) is 18.2. The number of aromatic nitrogens is 2. The van der Waals surface area contributed by atoms with Crippen molar-refractivity contribution in [3.63, 3.8) is 0 Å². The molecule has 5 nitrogen and oxygen atoms in total. The Morgan fingerprint density at radius 2 is 2.18 bits per heavy atom. The first-order valence-electron chi connectivity index (χ1n) is 3.06. The average Bonchev–Trinajstić information content (AvgIpc) is 2.06. The molecule has 1 amide bonds. The van der Waals surface area contributed by atoms with Crippen molar-refractivity contribution in [1.82, 2.24) is 15.4 Å². The normalized spacial score (nSPS) is 9.18. The molecule has 1 rings (SSSR count). The van der Waals surface area contributed by atoms with Crippen LogP contribution in [0.4, 0.5) is 0 Å². The van der Waals surface area contributed by atoms with E-state index in [1.54, 1.807) is 12.4 Å². The van der Waals surface area contributed by atoms with Gasteiger partial charge in [0.2, 0.25) is 5.91 Å². The Bertz CT molecular complexity index is 236. The van der Waals surface area contributed by atoms with Crippen LogP contribution >= 0.6 is 0 Å². The van der Waals surface area contributed by atoms with Crippen LogP contribution in [-0.4, -0.2) is 15.9 Å². The van der Waals surface area contributed by atoms with Crippen LogP contribution in [0.5, 0.6) is 0 Å². The summed E-state index contributed by atoms with van der Waals surface area (Å²) >= 11 is 0. The molecule has 0 saturated carbocycles. The summed E-state index contributed by atoms with van der Waals surface area (Å²) < 4.78 is 0. The van der Waals surface area contributed by atoms with E-state index in [4.69, 9.17) is 5.84 Å². The summed E-state index contributed by atoms with van der Waals surface area (Å²) in [6.45, 7) is 0. The van der Waals surface area contributed by atoms with Crippen LogP contribution in [0.2, 0.25) is 0 Å². The van der Waals surface area contributed by atoms with Crippen LogP contribution < -0.4 is 11.3 Å². The van der Waals surface area contributed by atoms with E-state index in [2.05, 4.69) is 9.97 Å². The Hall–Kier alpha value is -1.49. The van der Waals surface area contributed by atoms with Crippen molar-refractivity contribution in [2.75, 3.05) is 0 Å². The number of hydrazine groups is 1. The molecular weight excluding hydrogens is 144 g/mol. The quantitative estimate of drug-likeness (QED) is 0.324. The lowest BCUT2D eigenvalue weighted by Crippen LogP contribution is -2.31. The third kappa shape index (κ3) is 2.30. The van der Waals surface area contributed by atoms with Gasteiger partial charge in [-0.05, 0) is 5.56 Å². The van der Waals surface area contributed by atoms with Gasteiger partial charge in [0.15, 0.2) is 0 Å². The highest BCUT2D eigenvalue weighted by molar-refractivity contribution is 5.77. The van der Waals surface area contributed by atoms with E-state index in [1.165, 1.54) is 6.33 Å². The van der Waals surface area contributed by atoms with Crippen molar-refractivity contribution in [2.45, 2.75) is 6.42 Å². The van der Waals surface area contributed by atoms with Crippen molar-refractivity contribution in [1.29, 1.82) is 0 Å². The van der Waals surface area contributed by atoms with E-state index >= 15 is 0 Å². The molecule has 3 N–H and O–H groups in total. The molecule has 58 valence electrons. The smallest absolute Gasteiger partial charge is 0.238 e. The summed E-state index contributed by atoms with van der Waals surface area (Å²) in [6, 6.07) is 0. The molecule has 0 fully saturated rings. The minimum absolute atomic E-state index is 0.220. The number of carbonyl (C=O) groups excluding carboxylic acids is 1. The SMILES string of the molecule is NNC(=O)Cc1cncnc1. The second-order valence-electron chi connectivity index (χ2n) is 1.99. The van der Waals surface area contributed by atoms with E-state index in [0.29, 0.717) is 0 Å². The molecule has 5 heteroatoms. The monoisotopic (exact) mass is 152 g/mol. The molecule has 0 aliphatic heterocycles. The van der Waals surface area contributed by atoms with Crippen LogP contribution in [0.3, 0.4) is 0 Å². The Labute approximate surface area is 63.6 Å². The zero-order chi connectivity index (χ0) is 8.10. The fourth-order valence-corrected chi connectivity index (χ4v) is 0.658. The van der Waals surface area contributed by atoms with Crippen molar-refractivity contribution < 1.29 is 4.79 Å². The first kappa shape index (κ1) is 7.62. The van der Waals surface area contributed by atoms with Gasteiger partial charge in [-0.2, -0.15) is 0 Å². The number of nitrogens with one attached hydrogen (secondary N) is 1. The van der Waals surface area contributed by atoms with Gasteiger partial charge in [-0.1, -0.05) is 0 Å². The lowest BCUT2D eigenvalue weighted by molar-refractivity contribution is -0.120. The largest absolute Gasteiger partial charge is 0.294 e. The number of hydrogen-bond donors (Lipinski definition) is 2. The number of rotatable bonds is 2. The van der Waals surface area contributed by atoms with E-state index in [1.807, 2.05) is 5.43 Å². The Morgan fingerprint density at radius 3 is 2.73 bits per heavy atom.